The molecular formula is C62H50N2. The van der Waals surface area contributed by atoms with Gasteiger partial charge in [0.2, 0.25) is 0 Å². The van der Waals surface area contributed by atoms with Crippen LogP contribution in [0, 0.1) is 0 Å². The standard InChI is InChI=1S/C62H50N2/c1-62(2)57-28-13-14-29-60(57)63(61-41-35-50(43-58(61)62)45-19-7-4-8-20-45)42-16-27-56-55-25-12-10-22-48(55)34-40-59(56)64(51-36-30-46(31-37-51)44-17-5-3-6-18-44)52-38-32-49(33-39-52)54-26-15-23-47-21-9-11-24-53(47)54/h3-15,17-26,28-41,43H,16,27,42H2,1-2H3. The molecule has 0 saturated carbocycles. The molecule has 0 radical (unpaired) electrons. The lowest BCUT2D eigenvalue weighted by atomic mass is 9.73. The summed E-state index contributed by atoms with van der Waals surface area (Å²) in [6, 6.07) is 84.7. The summed E-state index contributed by atoms with van der Waals surface area (Å²) in [5, 5.41) is 5.08. The number of anilines is 5. The summed E-state index contributed by atoms with van der Waals surface area (Å²) < 4.78 is 0. The molecule has 0 aromatic heterocycles. The van der Waals surface area contributed by atoms with Crippen molar-refractivity contribution in [3.05, 3.63) is 247 Å². The SMILES string of the molecule is CC1(C)c2ccccc2N(CCCc2c(N(c3ccc(-c4ccccc4)cc3)c3ccc(-c4cccc5ccccc45)cc3)ccc3ccccc23)c2ccc(-c3ccccc3)cc21. The third-order valence-corrected chi connectivity index (χ3v) is 13.5. The lowest BCUT2D eigenvalue weighted by Gasteiger charge is -2.42. The molecule has 0 atom stereocenters. The van der Waals surface area contributed by atoms with Gasteiger partial charge in [0, 0.05) is 40.4 Å². The molecule has 11 rings (SSSR count). The Labute approximate surface area is 377 Å². The summed E-state index contributed by atoms with van der Waals surface area (Å²) in [4.78, 5) is 5.06. The lowest BCUT2D eigenvalue weighted by Crippen LogP contribution is -2.33. The molecule has 0 spiro atoms. The number of para-hydroxylation sites is 1. The van der Waals surface area contributed by atoms with Crippen LogP contribution in [0.2, 0.25) is 0 Å². The topological polar surface area (TPSA) is 6.48 Å². The summed E-state index contributed by atoms with van der Waals surface area (Å²) in [5.41, 5.74) is 17.4. The Morgan fingerprint density at radius 2 is 0.938 bits per heavy atom. The van der Waals surface area contributed by atoms with Gasteiger partial charge >= 0.3 is 0 Å². The van der Waals surface area contributed by atoms with Crippen LogP contribution in [0.4, 0.5) is 28.4 Å². The third-order valence-electron chi connectivity index (χ3n) is 13.5. The van der Waals surface area contributed by atoms with Gasteiger partial charge in [-0.3, -0.25) is 0 Å². The second kappa shape index (κ2) is 16.5. The minimum atomic E-state index is -0.143. The molecule has 0 fully saturated rings. The van der Waals surface area contributed by atoms with Gasteiger partial charge in [-0.05, 0) is 133 Å². The highest BCUT2D eigenvalue weighted by Crippen LogP contribution is 2.50. The molecule has 1 heterocycles. The van der Waals surface area contributed by atoms with E-state index in [9.17, 15) is 0 Å². The molecule has 2 nitrogen and oxygen atoms in total. The van der Waals surface area contributed by atoms with Crippen molar-refractivity contribution in [2.45, 2.75) is 32.1 Å². The second-order valence-corrected chi connectivity index (χ2v) is 17.6. The van der Waals surface area contributed by atoms with Gasteiger partial charge < -0.3 is 9.80 Å². The highest BCUT2D eigenvalue weighted by atomic mass is 15.2. The van der Waals surface area contributed by atoms with Gasteiger partial charge in [-0.2, -0.15) is 0 Å². The van der Waals surface area contributed by atoms with Crippen LogP contribution in [0.5, 0.6) is 0 Å². The summed E-state index contributed by atoms with van der Waals surface area (Å²) in [5.74, 6) is 0. The fourth-order valence-electron chi connectivity index (χ4n) is 10.2. The predicted octanol–water partition coefficient (Wildman–Crippen LogP) is 16.9. The molecule has 1 aliphatic rings. The first-order valence-electron chi connectivity index (χ1n) is 22.6. The number of benzene rings is 10. The van der Waals surface area contributed by atoms with Crippen LogP contribution in [-0.4, -0.2) is 6.54 Å². The molecule has 0 aliphatic carbocycles. The van der Waals surface area contributed by atoms with E-state index in [0.29, 0.717) is 0 Å². The maximum atomic E-state index is 2.58. The first-order chi connectivity index (χ1) is 31.5. The Hall–Kier alpha value is -7.68. The minimum Gasteiger partial charge on any atom is -0.341 e. The van der Waals surface area contributed by atoms with Crippen molar-refractivity contribution in [2.24, 2.45) is 0 Å². The van der Waals surface area contributed by atoms with Gasteiger partial charge in [-0.15, -0.1) is 0 Å². The normalized spacial score (nSPS) is 12.8. The predicted molar refractivity (Wildman–Crippen MR) is 273 cm³/mol. The molecule has 64 heavy (non-hydrogen) atoms. The number of hydrogen-bond acceptors (Lipinski definition) is 2. The molecule has 2 heteroatoms. The summed E-state index contributed by atoms with van der Waals surface area (Å²) >= 11 is 0. The molecular weight excluding hydrogens is 773 g/mol. The van der Waals surface area contributed by atoms with Crippen LogP contribution in [0.15, 0.2) is 231 Å². The smallest absolute Gasteiger partial charge is 0.0500 e. The van der Waals surface area contributed by atoms with Gasteiger partial charge in [-0.1, -0.05) is 196 Å². The van der Waals surface area contributed by atoms with Crippen molar-refractivity contribution in [1.82, 2.24) is 0 Å². The number of aryl methyl sites for hydroxylation is 1. The van der Waals surface area contributed by atoms with Crippen LogP contribution in [-0.2, 0) is 11.8 Å². The molecule has 0 unspecified atom stereocenters. The summed E-state index contributed by atoms with van der Waals surface area (Å²) in [6.45, 7) is 5.66. The van der Waals surface area contributed by atoms with Crippen LogP contribution >= 0.6 is 0 Å². The van der Waals surface area contributed by atoms with Gasteiger partial charge in [0.1, 0.15) is 0 Å². The summed E-state index contributed by atoms with van der Waals surface area (Å²) in [6.07, 6.45) is 1.87. The Morgan fingerprint density at radius 1 is 0.406 bits per heavy atom. The van der Waals surface area contributed by atoms with E-state index in [1.165, 1.54) is 88.7 Å². The van der Waals surface area contributed by atoms with E-state index < -0.39 is 0 Å². The Morgan fingerprint density at radius 3 is 1.66 bits per heavy atom. The molecule has 10 aromatic carbocycles. The summed E-state index contributed by atoms with van der Waals surface area (Å²) in [7, 11) is 0. The van der Waals surface area contributed by atoms with Crippen LogP contribution < -0.4 is 9.80 Å². The molecule has 308 valence electrons. The van der Waals surface area contributed by atoms with E-state index in [-0.39, 0.29) is 5.41 Å². The lowest BCUT2D eigenvalue weighted by molar-refractivity contribution is 0.621. The molecule has 10 aromatic rings. The zero-order valence-electron chi connectivity index (χ0n) is 36.5. The van der Waals surface area contributed by atoms with Crippen molar-refractivity contribution in [3.63, 3.8) is 0 Å². The first kappa shape index (κ1) is 39.2. The fourth-order valence-corrected chi connectivity index (χ4v) is 10.2. The third kappa shape index (κ3) is 7.12. The van der Waals surface area contributed by atoms with E-state index in [1.54, 1.807) is 0 Å². The molecule has 0 bridgehead atoms. The van der Waals surface area contributed by atoms with Gasteiger partial charge in [0.25, 0.3) is 0 Å². The number of nitrogens with zero attached hydrogens (tertiary/aromatic N) is 2. The van der Waals surface area contributed by atoms with Crippen molar-refractivity contribution < 1.29 is 0 Å². The maximum Gasteiger partial charge on any atom is 0.0500 e. The van der Waals surface area contributed by atoms with Crippen molar-refractivity contribution >= 4 is 50.0 Å². The fraction of sp³-hybridized carbons (Fsp3) is 0.0968. The average Bonchev–Trinajstić information content (AvgIpc) is 3.36. The van der Waals surface area contributed by atoms with Crippen LogP contribution in [0.1, 0.15) is 37.0 Å². The van der Waals surface area contributed by atoms with Gasteiger partial charge in [-0.25, -0.2) is 0 Å². The highest BCUT2D eigenvalue weighted by Gasteiger charge is 2.36. The van der Waals surface area contributed by atoms with Crippen molar-refractivity contribution in [2.75, 3.05) is 16.3 Å². The first-order valence-corrected chi connectivity index (χ1v) is 22.6. The Kier molecular flexibility index (Phi) is 10.1. The van der Waals surface area contributed by atoms with Crippen LogP contribution in [0.25, 0.3) is 54.9 Å². The van der Waals surface area contributed by atoms with E-state index in [4.69, 9.17) is 0 Å². The second-order valence-electron chi connectivity index (χ2n) is 17.6. The largest absolute Gasteiger partial charge is 0.341 e. The van der Waals surface area contributed by atoms with E-state index in [0.717, 1.165) is 30.8 Å². The van der Waals surface area contributed by atoms with E-state index in [1.807, 2.05) is 0 Å². The number of rotatable bonds is 10. The molecule has 0 saturated heterocycles. The average molecular weight is 823 g/mol. The van der Waals surface area contributed by atoms with Crippen LogP contribution in [0.3, 0.4) is 0 Å². The molecule has 0 N–H and O–H groups in total. The highest BCUT2D eigenvalue weighted by molar-refractivity contribution is 5.98. The number of hydrogen-bond donors (Lipinski definition) is 0. The zero-order chi connectivity index (χ0) is 43.0. The van der Waals surface area contributed by atoms with E-state index in [2.05, 4.69) is 254 Å². The maximum absolute atomic E-state index is 2.58. The molecule has 1 aliphatic heterocycles. The monoisotopic (exact) mass is 822 g/mol. The number of fused-ring (bicyclic) bond motifs is 4. The Bertz CT molecular complexity index is 3250. The van der Waals surface area contributed by atoms with Gasteiger partial charge in [0.15, 0.2) is 0 Å². The quantitative estimate of drug-likeness (QED) is 0.136. The minimum absolute atomic E-state index is 0.143. The Balaban J connectivity index is 0.993. The van der Waals surface area contributed by atoms with Crippen molar-refractivity contribution in [1.29, 1.82) is 0 Å². The zero-order valence-corrected chi connectivity index (χ0v) is 36.5. The van der Waals surface area contributed by atoms with Gasteiger partial charge in [0.05, 0.1) is 0 Å². The van der Waals surface area contributed by atoms with Crippen molar-refractivity contribution in [3.8, 4) is 33.4 Å². The molecule has 0 amide bonds. The van der Waals surface area contributed by atoms with E-state index >= 15 is 0 Å².